The van der Waals surface area contributed by atoms with Crippen molar-refractivity contribution in [3.8, 4) is 6.07 Å². The quantitative estimate of drug-likeness (QED) is 0.751. The molecule has 3 nitrogen and oxygen atoms in total. The molecule has 0 aromatic rings. The number of carbonyl (C=O) groups excluding carboxylic acids is 1. The van der Waals surface area contributed by atoms with Gasteiger partial charge in [0.1, 0.15) is 12.5 Å². The van der Waals surface area contributed by atoms with Crippen molar-refractivity contribution in [2.75, 3.05) is 13.1 Å². The number of hydrogen-bond donors (Lipinski definition) is 0. The van der Waals surface area contributed by atoms with Crippen LogP contribution in [0.25, 0.3) is 0 Å². The number of carbonyl (C=O) groups is 1. The summed E-state index contributed by atoms with van der Waals surface area (Å²) in [4.78, 5) is 12.3. The van der Waals surface area contributed by atoms with E-state index in [1.54, 1.807) is 19.9 Å². The Labute approximate surface area is 92.8 Å². The molecule has 0 spiro atoms. The smallest absolute Gasteiger partial charge is 0.333 e. The highest BCUT2D eigenvalue weighted by atomic mass is 19.4. The van der Waals surface area contributed by atoms with Crippen molar-refractivity contribution in [3.63, 3.8) is 0 Å². The standard InChI is InChI=1S/C10H15F3N2O/c1-4-15(6-10(11,12)13)9(16)8(5-14)7(2)3/h7-8H,4,6H2,1-3H3. The van der Waals surface area contributed by atoms with Crippen LogP contribution in [0.2, 0.25) is 0 Å². The fourth-order valence-electron chi connectivity index (χ4n) is 1.25. The van der Waals surface area contributed by atoms with E-state index in [0.29, 0.717) is 4.90 Å². The molecule has 0 aliphatic rings. The van der Waals surface area contributed by atoms with Gasteiger partial charge in [-0.1, -0.05) is 13.8 Å². The zero-order valence-corrected chi connectivity index (χ0v) is 9.51. The molecular weight excluding hydrogens is 221 g/mol. The molecule has 0 fully saturated rings. The van der Waals surface area contributed by atoms with Gasteiger partial charge >= 0.3 is 6.18 Å². The Morgan fingerprint density at radius 3 is 2.19 bits per heavy atom. The van der Waals surface area contributed by atoms with Crippen LogP contribution in [0.15, 0.2) is 0 Å². The summed E-state index contributed by atoms with van der Waals surface area (Å²) >= 11 is 0. The second-order valence-corrected chi connectivity index (χ2v) is 3.82. The molecule has 0 rings (SSSR count). The van der Waals surface area contributed by atoms with Gasteiger partial charge in [0.15, 0.2) is 0 Å². The van der Waals surface area contributed by atoms with Gasteiger partial charge in [0.2, 0.25) is 5.91 Å². The summed E-state index contributed by atoms with van der Waals surface area (Å²) in [7, 11) is 0. The number of alkyl halides is 3. The third-order valence-corrected chi connectivity index (χ3v) is 2.14. The predicted molar refractivity (Wildman–Crippen MR) is 52.3 cm³/mol. The summed E-state index contributed by atoms with van der Waals surface area (Å²) in [6.07, 6.45) is -4.43. The summed E-state index contributed by atoms with van der Waals surface area (Å²) in [6, 6.07) is 1.74. The molecular formula is C10H15F3N2O. The molecule has 0 saturated carbocycles. The Bertz CT molecular complexity index is 281. The molecule has 1 amide bonds. The predicted octanol–water partition coefficient (Wildman–Crippen LogP) is 2.19. The SMILES string of the molecule is CCN(CC(F)(F)F)C(=O)C(C#N)C(C)C. The van der Waals surface area contributed by atoms with Crippen LogP contribution in [0.5, 0.6) is 0 Å². The average Bonchev–Trinajstić information content (AvgIpc) is 2.13. The Morgan fingerprint density at radius 1 is 1.44 bits per heavy atom. The van der Waals surface area contributed by atoms with Gasteiger partial charge in [-0.15, -0.1) is 0 Å². The van der Waals surface area contributed by atoms with E-state index in [0.717, 1.165) is 0 Å². The van der Waals surface area contributed by atoms with Crippen LogP contribution in [0, 0.1) is 23.2 Å². The van der Waals surface area contributed by atoms with Gasteiger partial charge in [-0.2, -0.15) is 18.4 Å². The lowest BCUT2D eigenvalue weighted by Gasteiger charge is -2.25. The van der Waals surface area contributed by atoms with Gasteiger partial charge in [0.05, 0.1) is 6.07 Å². The summed E-state index contributed by atoms with van der Waals surface area (Å²) in [5.41, 5.74) is 0. The molecule has 0 saturated heterocycles. The first-order chi connectivity index (χ1) is 7.22. The zero-order chi connectivity index (χ0) is 12.9. The number of amides is 1. The molecule has 0 bridgehead atoms. The number of halogens is 3. The van der Waals surface area contributed by atoms with Crippen LogP contribution < -0.4 is 0 Å². The van der Waals surface area contributed by atoms with Crippen LogP contribution in [-0.2, 0) is 4.79 Å². The van der Waals surface area contributed by atoms with Crippen LogP contribution >= 0.6 is 0 Å². The average molecular weight is 236 g/mol. The Hall–Kier alpha value is -1.25. The van der Waals surface area contributed by atoms with Crippen molar-refractivity contribution in [2.45, 2.75) is 26.9 Å². The maximum absolute atomic E-state index is 12.1. The van der Waals surface area contributed by atoms with Crippen LogP contribution in [0.4, 0.5) is 13.2 Å². The summed E-state index contributed by atoms with van der Waals surface area (Å²) in [5.74, 6) is -2.06. The summed E-state index contributed by atoms with van der Waals surface area (Å²) in [5, 5.41) is 8.73. The van der Waals surface area contributed by atoms with Crippen molar-refractivity contribution in [3.05, 3.63) is 0 Å². The minimum atomic E-state index is -4.43. The fraction of sp³-hybridized carbons (Fsp3) is 0.800. The molecule has 16 heavy (non-hydrogen) atoms. The van der Waals surface area contributed by atoms with E-state index < -0.39 is 24.5 Å². The molecule has 6 heteroatoms. The van der Waals surface area contributed by atoms with E-state index in [-0.39, 0.29) is 12.5 Å². The monoisotopic (exact) mass is 236 g/mol. The number of nitriles is 1. The van der Waals surface area contributed by atoms with Crippen molar-refractivity contribution in [1.82, 2.24) is 4.90 Å². The van der Waals surface area contributed by atoms with Gasteiger partial charge < -0.3 is 4.90 Å². The Morgan fingerprint density at radius 2 is 1.94 bits per heavy atom. The molecule has 0 aliphatic carbocycles. The highest BCUT2D eigenvalue weighted by Gasteiger charge is 2.35. The fourth-order valence-corrected chi connectivity index (χ4v) is 1.25. The van der Waals surface area contributed by atoms with Crippen LogP contribution in [-0.4, -0.2) is 30.1 Å². The Kier molecular flexibility index (Phi) is 5.28. The minimum Gasteiger partial charge on any atom is -0.333 e. The maximum atomic E-state index is 12.1. The normalized spacial score (nSPS) is 13.4. The van der Waals surface area contributed by atoms with Crippen LogP contribution in [0.1, 0.15) is 20.8 Å². The largest absolute Gasteiger partial charge is 0.406 e. The Balaban J connectivity index is 4.72. The van der Waals surface area contributed by atoms with E-state index in [1.165, 1.54) is 6.92 Å². The second-order valence-electron chi connectivity index (χ2n) is 3.82. The van der Waals surface area contributed by atoms with E-state index >= 15 is 0 Å². The van der Waals surface area contributed by atoms with E-state index in [1.807, 2.05) is 0 Å². The minimum absolute atomic E-state index is 0.0523. The number of hydrogen-bond acceptors (Lipinski definition) is 2. The van der Waals surface area contributed by atoms with E-state index in [2.05, 4.69) is 0 Å². The lowest BCUT2D eigenvalue weighted by Crippen LogP contribution is -2.42. The van der Waals surface area contributed by atoms with E-state index in [9.17, 15) is 18.0 Å². The highest BCUT2D eigenvalue weighted by molar-refractivity contribution is 5.81. The van der Waals surface area contributed by atoms with E-state index in [4.69, 9.17) is 5.26 Å². The summed E-state index contributed by atoms with van der Waals surface area (Å²) in [6.45, 7) is 3.37. The van der Waals surface area contributed by atoms with Gasteiger partial charge in [0, 0.05) is 6.54 Å². The van der Waals surface area contributed by atoms with Crippen LogP contribution in [0.3, 0.4) is 0 Å². The maximum Gasteiger partial charge on any atom is 0.406 e. The lowest BCUT2D eigenvalue weighted by molar-refractivity contribution is -0.163. The third kappa shape index (κ3) is 4.51. The van der Waals surface area contributed by atoms with Crippen molar-refractivity contribution < 1.29 is 18.0 Å². The number of rotatable bonds is 4. The summed E-state index contributed by atoms with van der Waals surface area (Å²) < 4.78 is 36.4. The number of nitrogens with zero attached hydrogens (tertiary/aromatic N) is 2. The van der Waals surface area contributed by atoms with Gasteiger partial charge in [-0.05, 0) is 12.8 Å². The highest BCUT2D eigenvalue weighted by Crippen LogP contribution is 2.20. The zero-order valence-electron chi connectivity index (χ0n) is 9.51. The van der Waals surface area contributed by atoms with Crippen molar-refractivity contribution in [1.29, 1.82) is 5.26 Å². The molecule has 0 aromatic heterocycles. The third-order valence-electron chi connectivity index (χ3n) is 2.14. The second kappa shape index (κ2) is 5.73. The van der Waals surface area contributed by atoms with Crippen molar-refractivity contribution >= 4 is 5.91 Å². The van der Waals surface area contributed by atoms with Gasteiger partial charge in [-0.25, -0.2) is 0 Å². The molecule has 1 unspecified atom stereocenters. The molecule has 92 valence electrons. The van der Waals surface area contributed by atoms with Crippen molar-refractivity contribution in [2.24, 2.45) is 11.8 Å². The molecule has 1 atom stereocenters. The lowest BCUT2D eigenvalue weighted by atomic mass is 9.96. The molecule has 0 aromatic carbocycles. The molecule has 0 N–H and O–H groups in total. The first-order valence-corrected chi connectivity index (χ1v) is 4.98. The molecule has 0 aliphatic heterocycles. The first kappa shape index (κ1) is 14.8. The topological polar surface area (TPSA) is 44.1 Å². The van der Waals surface area contributed by atoms with Gasteiger partial charge in [0.25, 0.3) is 0 Å². The molecule has 0 heterocycles. The first-order valence-electron chi connectivity index (χ1n) is 4.98. The molecule has 0 radical (unpaired) electrons. The van der Waals surface area contributed by atoms with Gasteiger partial charge in [-0.3, -0.25) is 4.79 Å².